The quantitative estimate of drug-likeness (QED) is 0.801. The molecule has 1 aliphatic heterocycles. The predicted octanol–water partition coefficient (Wildman–Crippen LogP) is 0.967. The highest BCUT2D eigenvalue weighted by atomic mass is 16.5. The van der Waals surface area contributed by atoms with Gasteiger partial charge in [0.15, 0.2) is 0 Å². The maximum atomic E-state index is 9.71. The number of rotatable bonds is 3. The van der Waals surface area contributed by atoms with Crippen LogP contribution in [0.5, 0.6) is 11.5 Å². The monoisotopic (exact) mass is 223 g/mol. The van der Waals surface area contributed by atoms with Gasteiger partial charge in [0.1, 0.15) is 11.5 Å². The first-order chi connectivity index (χ1) is 7.69. The summed E-state index contributed by atoms with van der Waals surface area (Å²) in [5, 5.41) is 19.1. The number of methoxy groups -OCH3 is 1. The van der Waals surface area contributed by atoms with Gasteiger partial charge in [-0.25, -0.2) is 0 Å². The molecule has 0 bridgehead atoms. The van der Waals surface area contributed by atoms with Gasteiger partial charge in [-0.1, -0.05) is 0 Å². The number of phenols is 1. The van der Waals surface area contributed by atoms with Gasteiger partial charge in [-0.05, 0) is 24.6 Å². The van der Waals surface area contributed by atoms with Gasteiger partial charge in [0.25, 0.3) is 0 Å². The predicted molar refractivity (Wildman–Crippen MR) is 60.6 cm³/mol. The summed E-state index contributed by atoms with van der Waals surface area (Å²) in [6.45, 7) is 2.20. The average Bonchev–Trinajstić information content (AvgIpc) is 2.67. The molecule has 0 amide bonds. The molecule has 1 saturated heterocycles. The van der Waals surface area contributed by atoms with Crippen molar-refractivity contribution in [1.82, 2.24) is 4.90 Å². The van der Waals surface area contributed by atoms with Crippen LogP contribution >= 0.6 is 0 Å². The molecular weight excluding hydrogens is 206 g/mol. The van der Waals surface area contributed by atoms with Crippen LogP contribution in [0.25, 0.3) is 0 Å². The van der Waals surface area contributed by atoms with Crippen molar-refractivity contribution in [3.63, 3.8) is 0 Å². The number of aliphatic hydroxyl groups is 1. The largest absolute Gasteiger partial charge is 0.508 e. The van der Waals surface area contributed by atoms with Gasteiger partial charge < -0.3 is 14.9 Å². The van der Waals surface area contributed by atoms with E-state index in [0.29, 0.717) is 13.1 Å². The Kier molecular flexibility index (Phi) is 3.31. The summed E-state index contributed by atoms with van der Waals surface area (Å²) in [7, 11) is 1.61. The number of likely N-dealkylation sites (tertiary alicyclic amines) is 1. The number of aliphatic hydroxyl groups excluding tert-OH is 1. The molecule has 1 aliphatic rings. The third kappa shape index (κ3) is 2.46. The Morgan fingerprint density at radius 2 is 2.31 bits per heavy atom. The molecule has 88 valence electrons. The van der Waals surface area contributed by atoms with E-state index in [9.17, 15) is 10.2 Å². The van der Waals surface area contributed by atoms with Gasteiger partial charge in [0.2, 0.25) is 0 Å². The van der Waals surface area contributed by atoms with E-state index in [1.54, 1.807) is 19.2 Å². The fourth-order valence-corrected chi connectivity index (χ4v) is 2.01. The van der Waals surface area contributed by atoms with Gasteiger partial charge in [-0.15, -0.1) is 0 Å². The molecule has 0 unspecified atom stereocenters. The smallest absolute Gasteiger partial charge is 0.120 e. The Hall–Kier alpha value is -1.26. The molecule has 2 rings (SSSR count). The van der Waals surface area contributed by atoms with Crippen LogP contribution in [0.3, 0.4) is 0 Å². The zero-order valence-corrected chi connectivity index (χ0v) is 9.39. The van der Waals surface area contributed by atoms with Crippen LogP contribution < -0.4 is 4.74 Å². The summed E-state index contributed by atoms with van der Waals surface area (Å²) in [4.78, 5) is 2.12. The molecule has 0 saturated carbocycles. The minimum absolute atomic E-state index is 0.229. The van der Waals surface area contributed by atoms with Crippen molar-refractivity contribution in [2.75, 3.05) is 20.2 Å². The van der Waals surface area contributed by atoms with Crippen molar-refractivity contribution < 1.29 is 14.9 Å². The molecule has 0 aliphatic carbocycles. The average molecular weight is 223 g/mol. The standard InChI is InChI=1S/C12H17NO3/c1-16-11-2-3-12(15)9(6-11)7-13-5-4-10(14)8-13/h2-3,6,10,14-15H,4-5,7-8H2,1H3/t10-/m0/s1. The highest BCUT2D eigenvalue weighted by Crippen LogP contribution is 2.25. The fraction of sp³-hybridized carbons (Fsp3) is 0.500. The van der Waals surface area contributed by atoms with Gasteiger partial charge in [-0.3, -0.25) is 4.90 Å². The molecule has 0 radical (unpaired) electrons. The molecule has 0 aromatic heterocycles. The lowest BCUT2D eigenvalue weighted by Crippen LogP contribution is -2.21. The van der Waals surface area contributed by atoms with Gasteiger partial charge in [0.05, 0.1) is 13.2 Å². The summed E-state index contributed by atoms with van der Waals surface area (Å²) >= 11 is 0. The number of β-amino-alcohol motifs (C(OH)–C–C–N with tert-alkyl or cyclic N) is 1. The van der Waals surface area contributed by atoms with E-state index in [2.05, 4.69) is 4.90 Å². The third-order valence-corrected chi connectivity index (χ3v) is 2.93. The first kappa shape index (κ1) is 11.2. The summed E-state index contributed by atoms with van der Waals surface area (Å²) in [6.07, 6.45) is 0.581. The first-order valence-corrected chi connectivity index (χ1v) is 5.45. The normalized spacial score (nSPS) is 21.2. The van der Waals surface area contributed by atoms with Crippen LogP contribution in [0.1, 0.15) is 12.0 Å². The Labute approximate surface area is 95.1 Å². The first-order valence-electron chi connectivity index (χ1n) is 5.45. The van der Waals surface area contributed by atoms with Gasteiger partial charge in [0, 0.05) is 25.2 Å². The number of aromatic hydroxyl groups is 1. The number of nitrogens with zero attached hydrogens (tertiary/aromatic N) is 1. The number of phenolic OH excluding ortho intramolecular Hbond substituents is 1. The zero-order valence-electron chi connectivity index (χ0n) is 9.39. The Morgan fingerprint density at radius 1 is 1.50 bits per heavy atom. The summed E-state index contributed by atoms with van der Waals surface area (Å²) in [5.74, 6) is 1.02. The SMILES string of the molecule is COc1ccc(O)c(CN2CC[C@H](O)C2)c1. The van der Waals surface area contributed by atoms with Crippen LogP contribution in [-0.2, 0) is 6.54 Å². The van der Waals surface area contributed by atoms with E-state index in [1.807, 2.05) is 6.07 Å². The Bertz CT molecular complexity index is 367. The molecule has 1 aromatic rings. The molecule has 4 heteroatoms. The maximum Gasteiger partial charge on any atom is 0.120 e. The third-order valence-electron chi connectivity index (χ3n) is 2.93. The van der Waals surface area contributed by atoms with Gasteiger partial charge in [-0.2, -0.15) is 0 Å². The summed E-state index contributed by atoms with van der Waals surface area (Å²) in [6, 6.07) is 5.21. The number of hydrogen-bond donors (Lipinski definition) is 2. The van der Waals surface area contributed by atoms with E-state index in [1.165, 1.54) is 0 Å². The highest BCUT2D eigenvalue weighted by molar-refractivity contribution is 5.39. The zero-order chi connectivity index (χ0) is 11.5. The lowest BCUT2D eigenvalue weighted by Gasteiger charge is -2.16. The van der Waals surface area contributed by atoms with Crippen LogP contribution in [0, 0.1) is 0 Å². The van der Waals surface area contributed by atoms with E-state index in [-0.39, 0.29) is 11.9 Å². The number of ether oxygens (including phenoxy) is 1. The second-order valence-corrected chi connectivity index (χ2v) is 4.17. The van der Waals surface area contributed by atoms with Crippen molar-refractivity contribution in [3.8, 4) is 11.5 Å². The minimum Gasteiger partial charge on any atom is -0.508 e. The van der Waals surface area contributed by atoms with Crippen molar-refractivity contribution in [2.45, 2.75) is 19.1 Å². The molecule has 16 heavy (non-hydrogen) atoms. The lowest BCUT2D eigenvalue weighted by molar-refractivity contribution is 0.174. The van der Waals surface area contributed by atoms with E-state index < -0.39 is 0 Å². The molecular formula is C12H17NO3. The van der Waals surface area contributed by atoms with Crippen molar-refractivity contribution in [2.24, 2.45) is 0 Å². The molecule has 1 atom stereocenters. The molecule has 4 nitrogen and oxygen atoms in total. The van der Waals surface area contributed by atoms with Crippen LogP contribution in [0.2, 0.25) is 0 Å². The van der Waals surface area contributed by atoms with Crippen molar-refractivity contribution in [3.05, 3.63) is 23.8 Å². The second kappa shape index (κ2) is 4.72. The molecule has 2 N–H and O–H groups in total. The van der Waals surface area contributed by atoms with E-state index in [4.69, 9.17) is 4.74 Å². The second-order valence-electron chi connectivity index (χ2n) is 4.17. The van der Waals surface area contributed by atoms with Crippen molar-refractivity contribution >= 4 is 0 Å². The number of benzene rings is 1. The molecule has 1 heterocycles. The summed E-state index contributed by atoms with van der Waals surface area (Å²) < 4.78 is 5.12. The Balaban J connectivity index is 2.08. The number of hydrogen-bond acceptors (Lipinski definition) is 4. The molecule has 1 fully saturated rings. The maximum absolute atomic E-state index is 9.71. The summed E-state index contributed by atoms with van der Waals surface area (Å²) in [5.41, 5.74) is 0.841. The Morgan fingerprint density at radius 3 is 2.94 bits per heavy atom. The van der Waals surface area contributed by atoms with Crippen LogP contribution in [-0.4, -0.2) is 41.4 Å². The lowest BCUT2D eigenvalue weighted by atomic mass is 10.2. The topological polar surface area (TPSA) is 52.9 Å². The fourth-order valence-electron chi connectivity index (χ4n) is 2.01. The van der Waals surface area contributed by atoms with Crippen LogP contribution in [0.15, 0.2) is 18.2 Å². The highest BCUT2D eigenvalue weighted by Gasteiger charge is 2.20. The van der Waals surface area contributed by atoms with E-state index in [0.717, 1.165) is 24.3 Å². The molecule has 1 aromatic carbocycles. The van der Waals surface area contributed by atoms with Crippen LogP contribution in [0.4, 0.5) is 0 Å². The minimum atomic E-state index is -0.229. The van der Waals surface area contributed by atoms with Crippen molar-refractivity contribution in [1.29, 1.82) is 0 Å². The van der Waals surface area contributed by atoms with E-state index >= 15 is 0 Å². The molecule has 0 spiro atoms. The van der Waals surface area contributed by atoms with Gasteiger partial charge >= 0.3 is 0 Å².